The zero-order valence-electron chi connectivity index (χ0n) is 8.78. The number of nitrogens with zero attached hydrogens (tertiary/aromatic N) is 2. The lowest BCUT2D eigenvalue weighted by Crippen LogP contribution is -2.00. The quantitative estimate of drug-likeness (QED) is 0.938. The largest absolute Gasteiger partial charge is 0.335 e. The predicted molar refractivity (Wildman–Crippen MR) is 69.1 cm³/mol. The average molecular weight is 315 g/mol. The third kappa shape index (κ3) is 2.45. The third-order valence-electron chi connectivity index (χ3n) is 2.51. The molecule has 3 rings (SSSR count). The maximum Gasteiger partial charge on any atom is 0.322 e. The Bertz CT molecular complexity index is 553. The molecule has 1 heterocycles. The monoisotopic (exact) mass is 313 g/mol. The molecule has 4 nitrogen and oxygen atoms in total. The summed E-state index contributed by atoms with van der Waals surface area (Å²) in [6.07, 6.45) is 2.34. The lowest BCUT2D eigenvalue weighted by Gasteiger charge is -1.97. The van der Waals surface area contributed by atoms with Crippen molar-refractivity contribution >= 4 is 33.5 Å². The highest BCUT2D eigenvalue weighted by Gasteiger charge is 2.23. The van der Waals surface area contributed by atoms with E-state index < -0.39 is 0 Å². The molecular formula is C11H9BrClN3O. The number of hydrogen-bond donors (Lipinski definition) is 1. The Morgan fingerprint density at radius 1 is 1.41 bits per heavy atom. The molecule has 1 N–H and O–H groups in total. The van der Waals surface area contributed by atoms with Crippen LogP contribution in [0.1, 0.15) is 12.8 Å². The van der Waals surface area contributed by atoms with Gasteiger partial charge in [0.2, 0.25) is 5.82 Å². The summed E-state index contributed by atoms with van der Waals surface area (Å²) in [4.78, 5) is 4.28. The molecule has 0 radical (unpaired) electrons. The molecule has 0 amide bonds. The highest BCUT2D eigenvalue weighted by atomic mass is 79.9. The normalized spacial score (nSPS) is 14.9. The van der Waals surface area contributed by atoms with Crippen LogP contribution in [0.15, 0.2) is 27.2 Å². The zero-order chi connectivity index (χ0) is 11.8. The van der Waals surface area contributed by atoms with Gasteiger partial charge in [-0.25, -0.2) is 0 Å². The Labute approximate surface area is 111 Å². The first-order valence-electron chi connectivity index (χ1n) is 5.28. The van der Waals surface area contributed by atoms with Crippen molar-refractivity contribution in [2.24, 2.45) is 0 Å². The van der Waals surface area contributed by atoms with E-state index in [4.69, 9.17) is 16.1 Å². The molecule has 0 atom stereocenters. The molecule has 0 aliphatic heterocycles. The van der Waals surface area contributed by atoms with Gasteiger partial charge in [-0.05, 0) is 47.0 Å². The molecule has 1 aliphatic rings. The van der Waals surface area contributed by atoms with Crippen molar-refractivity contribution in [3.8, 4) is 11.4 Å². The number of halogens is 2. The highest BCUT2D eigenvalue weighted by molar-refractivity contribution is 9.10. The van der Waals surface area contributed by atoms with Gasteiger partial charge < -0.3 is 9.84 Å². The Morgan fingerprint density at radius 3 is 2.94 bits per heavy atom. The molecule has 1 aromatic heterocycles. The van der Waals surface area contributed by atoms with Crippen molar-refractivity contribution < 1.29 is 4.52 Å². The first-order chi connectivity index (χ1) is 8.22. The predicted octanol–water partition coefficient (Wildman–Crippen LogP) is 3.73. The smallest absolute Gasteiger partial charge is 0.322 e. The van der Waals surface area contributed by atoms with E-state index >= 15 is 0 Å². The van der Waals surface area contributed by atoms with Gasteiger partial charge in [0.25, 0.3) is 0 Å². The second-order valence-corrected chi connectivity index (χ2v) is 5.23. The fourth-order valence-corrected chi connectivity index (χ4v) is 1.93. The molecule has 1 aromatic carbocycles. The summed E-state index contributed by atoms with van der Waals surface area (Å²) < 4.78 is 5.94. The number of hydrogen-bond acceptors (Lipinski definition) is 4. The third-order valence-corrected chi connectivity index (χ3v) is 3.72. The van der Waals surface area contributed by atoms with E-state index in [1.54, 1.807) is 6.07 Å². The summed E-state index contributed by atoms with van der Waals surface area (Å²) in [6, 6.07) is 6.51. The van der Waals surface area contributed by atoms with Crippen LogP contribution in [0.25, 0.3) is 11.4 Å². The van der Waals surface area contributed by atoms with Crippen molar-refractivity contribution in [3.63, 3.8) is 0 Å². The molecule has 1 fully saturated rings. The van der Waals surface area contributed by atoms with Crippen LogP contribution in [0.5, 0.6) is 0 Å². The number of nitrogens with one attached hydrogen (secondary N) is 1. The van der Waals surface area contributed by atoms with Crippen LogP contribution in [0.3, 0.4) is 0 Å². The topological polar surface area (TPSA) is 51.0 Å². The van der Waals surface area contributed by atoms with Crippen LogP contribution >= 0.6 is 27.5 Å². The van der Waals surface area contributed by atoms with Crippen LogP contribution < -0.4 is 5.32 Å². The minimum Gasteiger partial charge on any atom is -0.335 e. The molecule has 2 aromatic rings. The van der Waals surface area contributed by atoms with E-state index in [1.165, 1.54) is 12.8 Å². The summed E-state index contributed by atoms with van der Waals surface area (Å²) in [5.41, 5.74) is 0.869. The molecule has 6 heteroatoms. The van der Waals surface area contributed by atoms with Gasteiger partial charge in [0.05, 0.1) is 5.02 Å². The maximum absolute atomic E-state index is 5.93. The first-order valence-corrected chi connectivity index (χ1v) is 6.45. The molecule has 17 heavy (non-hydrogen) atoms. The molecule has 0 saturated heterocycles. The summed E-state index contributed by atoms with van der Waals surface area (Å²) in [5.74, 6) is 0.561. The van der Waals surface area contributed by atoms with Gasteiger partial charge in [-0.15, -0.1) is 0 Å². The fraction of sp³-hybridized carbons (Fsp3) is 0.273. The molecule has 0 bridgehead atoms. The first kappa shape index (κ1) is 11.0. The number of rotatable bonds is 3. The number of aromatic nitrogens is 2. The maximum atomic E-state index is 5.93. The van der Waals surface area contributed by atoms with Crippen molar-refractivity contribution in [2.45, 2.75) is 18.9 Å². The van der Waals surface area contributed by atoms with Crippen molar-refractivity contribution in [3.05, 3.63) is 27.7 Å². The Balaban J connectivity index is 1.86. The Hall–Kier alpha value is -1.07. The minimum absolute atomic E-state index is 0.480. The number of benzene rings is 1. The van der Waals surface area contributed by atoms with Crippen LogP contribution in [0.4, 0.5) is 6.01 Å². The summed E-state index contributed by atoms with van der Waals surface area (Å²) in [5, 5.41) is 7.74. The zero-order valence-corrected chi connectivity index (χ0v) is 11.1. The van der Waals surface area contributed by atoms with E-state index in [1.807, 2.05) is 12.1 Å². The standard InChI is InChI=1S/C11H9BrClN3O/c12-8-5-6(1-4-9(8)13)10-15-11(17-16-10)14-7-2-3-7/h1,4-5,7H,2-3H2,(H,14,15,16). The van der Waals surface area contributed by atoms with E-state index in [-0.39, 0.29) is 0 Å². The lowest BCUT2D eigenvalue weighted by atomic mass is 10.2. The summed E-state index contributed by atoms with van der Waals surface area (Å²) >= 11 is 9.29. The lowest BCUT2D eigenvalue weighted by molar-refractivity contribution is 0.432. The highest BCUT2D eigenvalue weighted by Crippen LogP contribution is 2.29. The number of anilines is 1. The second kappa shape index (κ2) is 4.31. The molecule has 0 spiro atoms. The SMILES string of the molecule is Clc1ccc(-c2noc(NC3CC3)n2)cc1Br. The summed E-state index contributed by atoms with van der Waals surface area (Å²) in [6.45, 7) is 0. The van der Waals surface area contributed by atoms with Gasteiger partial charge in [-0.2, -0.15) is 4.98 Å². The fourth-order valence-electron chi connectivity index (χ4n) is 1.44. The van der Waals surface area contributed by atoms with Crippen LogP contribution in [-0.4, -0.2) is 16.2 Å². The van der Waals surface area contributed by atoms with E-state index in [9.17, 15) is 0 Å². The van der Waals surface area contributed by atoms with E-state index in [2.05, 4.69) is 31.4 Å². The Morgan fingerprint density at radius 2 is 2.24 bits per heavy atom. The average Bonchev–Trinajstić information content (AvgIpc) is 2.99. The van der Waals surface area contributed by atoms with Crippen molar-refractivity contribution in [2.75, 3.05) is 5.32 Å². The van der Waals surface area contributed by atoms with Gasteiger partial charge >= 0.3 is 6.01 Å². The molecule has 88 valence electrons. The van der Waals surface area contributed by atoms with Crippen molar-refractivity contribution in [1.29, 1.82) is 0 Å². The van der Waals surface area contributed by atoms with Crippen LogP contribution in [0.2, 0.25) is 5.02 Å². The van der Waals surface area contributed by atoms with Crippen LogP contribution in [-0.2, 0) is 0 Å². The van der Waals surface area contributed by atoms with E-state index in [0.717, 1.165) is 10.0 Å². The van der Waals surface area contributed by atoms with Gasteiger partial charge in [0.15, 0.2) is 0 Å². The minimum atomic E-state index is 0.480. The van der Waals surface area contributed by atoms with Gasteiger partial charge in [-0.1, -0.05) is 16.8 Å². The van der Waals surface area contributed by atoms with E-state index in [0.29, 0.717) is 22.9 Å². The van der Waals surface area contributed by atoms with Crippen molar-refractivity contribution in [1.82, 2.24) is 10.1 Å². The molecule has 1 aliphatic carbocycles. The van der Waals surface area contributed by atoms with Gasteiger partial charge in [0, 0.05) is 16.1 Å². The molecule has 1 saturated carbocycles. The van der Waals surface area contributed by atoms with Crippen LogP contribution in [0, 0.1) is 0 Å². The molecule has 0 unspecified atom stereocenters. The van der Waals surface area contributed by atoms with Gasteiger partial charge in [0.1, 0.15) is 0 Å². The molecular weight excluding hydrogens is 305 g/mol. The Kier molecular flexibility index (Phi) is 2.80. The second-order valence-electron chi connectivity index (χ2n) is 3.97. The summed E-state index contributed by atoms with van der Waals surface area (Å²) in [7, 11) is 0. The van der Waals surface area contributed by atoms with Gasteiger partial charge in [-0.3, -0.25) is 0 Å².